The topological polar surface area (TPSA) is 119 Å². The number of nitriles is 1. The van der Waals surface area contributed by atoms with Crippen molar-refractivity contribution in [3.05, 3.63) is 53.4 Å². The zero-order valence-corrected chi connectivity index (χ0v) is 19.5. The molecule has 14 heteroatoms. The van der Waals surface area contributed by atoms with Crippen molar-refractivity contribution < 1.29 is 26.7 Å². The molecule has 9 nitrogen and oxygen atoms in total. The summed E-state index contributed by atoms with van der Waals surface area (Å²) in [6.07, 6.45) is -4.73. The predicted molar refractivity (Wildman–Crippen MR) is 117 cm³/mol. The molecule has 7 atom stereocenters. The second-order valence-corrected chi connectivity index (χ2v) is 9.41. The number of aromatic nitrogens is 3. The second kappa shape index (κ2) is 9.55. The highest BCUT2D eigenvalue weighted by molar-refractivity contribution is 5.82. The van der Waals surface area contributed by atoms with Crippen molar-refractivity contribution in [2.75, 3.05) is 0 Å². The maximum atomic E-state index is 13.1. The lowest BCUT2D eigenvalue weighted by atomic mass is 9.70. The minimum Gasteiger partial charge on any atom is -0.340 e. The Morgan fingerprint density at radius 1 is 1.19 bits per heavy atom. The van der Waals surface area contributed by atoms with Gasteiger partial charge in [-0.15, -0.1) is 0 Å². The smallest absolute Gasteiger partial charge is 0.340 e. The Morgan fingerprint density at radius 2 is 1.97 bits per heavy atom. The van der Waals surface area contributed by atoms with Crippen LogP contribution < -0.4 is 16.1 Å². The van der Waals surface area contributed by atoms with Crippen LogP contribution in [-0.2, 0) is 11.0 Å². The summed E-state index contributed by atoms with van der Waals surface area (Å²) in [6.45, 7) is 1.73. The molecule has 2 aliphatic heterocycles. The number of alkyl halides is 5. The summed E-state index contributed by atoms with van der Waals surface area (Å²) in [4.78, 5) is 24.8. The molecule has 0 radical (unpaired) electrons. The maximum absolute atomic E-state index is 13.1. The molecule has 0 aromatic carbocycles. The van der Waals surface area contributed by atoms with Crippen LogP contribution >= 0.6 is 0 Å². The lowest BCUT2D eigenvalue weighted by molar-refractivity contribution is -0.141. The first-order valence-corrected chi connectivity index (χ1v) is 11.7. The van der Waals surface area contributed by atoms with Crippen LogP contribution in [0.15, 0.2) is 30.6 Å². The Bertz CT molecular complexity index is 1200. The number of amides is 1. The standard InChI is InChI=1S/C23H23F5N8O/c1-10(11-2-5-16(31-9-11)23(26,27)28)36-21-17(15(8-29)35-36)22(37)34-20(33-21)13-4-3-12(13)19-30-7-6-14(32-19)18(24)25/h2,5-7,9-10,12-13,15,17-18,20-21,33,35H,3-4H2,1H3,(H,34,37)/t10-,12-,13-,15?,17?,20?,21?/m1/s1. The molecule has 3 N–H and O–H groups in total. The van der Waals surface area contributed by atoms with E-state index in [1.54, 1.807) is 11.9 Å². The molecule has 4 unspecified atom stereocenters. The van der Waals surface area contributed by atoms with Crippen LogP contribution in [0, 0.1) is 23.2 Å². The van der Waals surface area contributed by atoms with E-state index < -0.39 is 48.6 Å². The first-order valence-electron chi connectivity index (χ1n) is 11.7. The number of hydrogen-bond donors (Lipinski definition) is 3. The number of fused-ring (bicyclic) bond motifs is 1. The molecule has 3 fully saturated rings. The molecule has 37 heavy (non-hydrogen) atoms. The van der Waals surface area contributed by atoms with Gasteiger partial charge >= 0.3 is 6.18 Å². The predicted octanol–water partition coefficient (Wildman–Crippen LogP) is 2.78. The number of hydrogen-bond acceptors (Lipinski definition) is 8. The van der Waals surface area contributed by atoms with Gasteiger partial charge in [-0.25, -0.2) is 29.2 Å². The summed E-state index contributed by atoms with van der Waals surface area (Å²) < 4.78 is 65.1. The minimum absolute atomic E-state index is 0.177. The zero-order valence-electron chi connectivity index (χ0n) is 19.5. The molecule has 196 valence electrons. The molecular weight excluding hydrogens is 499 g/mol. The van der Waals surface area contributed by atoms with Gasteiger partial charge in [0.15, 0.2) is 0 Å². The fourth-order valence-electron chi connectivity index (χ4n) is 5.24. The van der Waals surface area contributed by atoms with Gasteiger partial charge in [0.05, 0.1) is 24.3 Å². The van der Waals surface area contributed by atoms with Crippen LogP contribution in [0.4, 0.5) is 22.0 Å². The quantitative estimate of drug-likeness (QED) is 0.513. The van der Waals surface area contributed by atoms with Crippen LogP contribution in [0.1, 0.15) is 60.9 Å². The van der Waals surface area contributed by atoms with Crippen LogP contribution in [0.3, 0.4) is 0 Å². The van der Waals surface area contributed by atoms with Gasteiger partial charge in [-0.1, -0.05) is 6.07 Å². The fraction of sp³-hybridized carbons (Fsp3) is 0.522. The number of carbonyl (C=O) groups excluding carboxylic acids is 1. The largest absolute Gasteiger partial charge is 0.433 e. The van der Waals surface area contributed by atoms with Gasteiger partial charge in [0.2, 0.25) is 5.91 Å². The summed E-state index contributed by atoms with van der Waals surface area (Å²) in [5, 5.41) is 17.6. The normalized spacial score (nSPS) is 30.8. The summed E-state index contributed by atoms with van der Waals surface area (Å²) in [5.74, 6) is -1.29. The van der Waals surface area contributed by atoms with Gasteiger partial charge in [-0.2, -0.15) is 18.4 Å². The molecule has 1 saturated carbocycles. The van der Waals surface area contributed by atoms with Crippen molar-refractivity contribution in [3.63, 3.8) is 0 Å². The van der Waals surface area contributed by atoms with Crippen molar-refractivity contribution in [1.29, 1.82) is 5.26 Å². The molecule has 1 aliphatic carbocycles. The van der Waals surface area contributed by atoms with E-state index in [0.29, 0.717) is 18.4 Å². The number of hydrazine groups is 1. The zero-order chi connectivity index (χ0) is 26.5. The first kappa shape index (κ1) is 25.4. The highest BCUT2D eigenvalue weighted by atomic mass is 19.4. The maximum Gasteiger partial charge on any atom is 0.433 e. The van der Waals surface area contributed by atoms with Gasteiger partial charge < -0.3 is 5.32 Å². The van der Waals surface area contributed by atoms with Gasteiger partial charge in [-0.05, 0) is 37.5 Å². The summed E-state index contributed by atoms with van der Waals surface area (Å²) in [6, 6.07) is 4.03. The van der Waals surface area contributed by atoms with E-state index in [1.165, 1.54) is 12.3 Å². The Morgan fingerprint density at radius 3 is 2.57 bits per heavy atom. The third kappa shape index (κ3) is 4.62. The minimum atomic E-state index is -4.57. The Kier molecular flexibility index (Phi) is 6.55. The number of halogens is 5. The van der Waals surface area contributed by atoms with Gasteiger partial charge in [-0.3, -0.25) is 15.1 Å². The molecule has 5 rings (SSSR count). The molecule has 4 heterocycles. The third-order valence-corrected chi connectivity index (χ3v) is 7.36. The fourth-order valence-corrected chi connectivity index (χ4v) is 5.24. The van der Waals surface area contributed by atoms with Crippen molar-refractivity contribution in [1.82, 2.24) is 36.0 Å². The van der Waals surface area contributed by atoms with Gasteiger partial charge in [0.25, 0.3) is 6.43 Å². The molecule has 0 bridgehead atoms. The highest BCUT2D eigenvalue weighted by Crippen LogP contribution is 2.44. The number of nitrogens with zero attached hydrogens (tertiary/aromatic N) is 5. The summed E-state index contributed by atoms with van der Waals surface area (Å²) in [7, 11) is 0. The Hall–Kier alpha value is -3.28. The lowest BCUT2D eigenvalue weighted by Gasteiger charge is -2.47. The van der Waals surface area contributed by atoms with E-state index in [4.69, 9.17) is 0 Å². The second-order valence-electron chi connectivity index (χ2n) is 9.41. The van der Waals surface area contributed by atoms with Crippen molar-refractivity contribution in [3.8, 4) is 6.07 Å². The van der Waals surface area contributed by atoms with Crippen molar-refractivity contribution in [2.45, 2.75) is 62.7 Å². The molecule has 2 aromatic rings. The Balaban J connectivity index is 1.37. The van der Waals surface area contributed by atoms with Gasteiger partial charge in [0.1, 0.15) is 23.3 Å². The molecule has 0 spiro atoms. The third-order valence-electron chi connectivity index (χ3n) is 7.36. The average molecular weight is 522 g/mol. The van der Waals surface area contributed by atoms with Crippen LogP contribution in [0.25, 0.3) is 0 Å². The van der Waals surface area contributed by atoms with E-state index >= 15 is 0 Å². The number of pyridine rings is 1. The van der Waals surface area contributed by atoms with Crippen LogP contribution in [-0.4, -0.2) is 44.2 Å². The number of carbonyl (C=O) groups is 1. The van der Waals surface area contributed by atoms with Crippen LogP contribution in [0.5, 0.6) is 0 Å². The number of rotatable bonds is 5. The van der Waals surface area contributed by atoms with E-state index in [0.717, 1.165) is 18.3 Å². The first-order chi connectivity index (χ1) is 17.6. The van der Waals surface area contributed by atoms with E-state index in [-0.39, 0.29) is 29.3 Å². The van der Waals surface area contributed by atoms with Gasteiger partial charge in [0, 0.05) is 30.3 Å². The van der Waals surface area contributed by atoms with Crippen LogP contribution in [0.2, 0.25) is 0 Å². The number of nitrogens with one attached hydrogen (secondary N) is 3. The monoisotopic (exact) mass is 522 g/mol. The Labute approximate surface area is 208 Å². The molecule has 3 aliphatic rings. The van der Waals surface area contributed by atoms with E-state index in [9.17, 15) is 32.0 Å². The lowest BCUT2D eigenvalue weighted by Crippen LogP contribution is -2.68. The van der Waals surface area contributed by atoms with E-state index in [2.05, 4.69) is 37.1 Å². The van der Waals surface area contributed by atoms with E-state index in [1.807, 2.05) is 0 Å². The molecule has 1 amide bonds. The molecule has 2 saturated heterocycles. The highest BCUT2D eigenvalue weighted by Gasteiger charge is 2.54. The van der Waals surface area contributed by atoms with Crippen molar-refractivity contribution in [2.24, 2.45) is 11.8 Å². The molecule has 2 aromatic heterocycles. The average Bonchev–Trinajstić information content (AvgIpc) is 3.22. The molecular formula is C23H23F5N8O. The summed E-state index contributed by atoms with van der Waals surface area (Å²) >= 11 is 0. The summed E-state index contributed by atoms with van der Waals surface area (Å²) in [5.41, 5.74) is 2.08. The van der Waals surface area contributed by atoms with Crippen molar-refractivity contribution >= 4 is 5.91 Å². The SMILES string of the molecule is C[C@H](c1ccc(C(F)(F)F)nc1)N1NC(C#N)C2C(=O)NC([C@@H]3CC[C@H]3c3nccc(C(F)F)n3)NC21.